The Labute approximate surface area is 74.8 Å². The molecule has 0 radical (unpaired) electrons. The van der Waals surface area contributed by atoms with Gasteiger partial charge in [-0.2, -0.15) is 5.26 Å². The van der Waals surface area contributed by atoms with Gasteiger partial charge in [0, 0.05) is 12.3 Å². The molecule has 0 amide bonds. The van der Waals surface area contributed by atoms with Crippen molar-refractivity contribution in [2.24, 2.45) is 0 Å². The number of allylic oxidation sites excluding steroid dienone is 1. The van der Waals surface area contributed by atoms with E-state index in [1.807, 2.05) is 0 Å². The van der Waals surface area contributed by atoms with Crippen LogP contribution in [0.3, 0.4) is 0 Å². The third-order valence-electron chi connectivity index (χ3n) is 1.36. The second-order valence-electron chi connectivity index (χ2n) is 2.24. The van der Waals surface area contributed by atoms with E-state index in [9.17, 15) is 4.79 Å². The van der Waals surface area contributed by atoms with Crippen LogP contribution in [0.1, 0.15) is 16.1 Å². The van der Waals surface area contributed by atoms with Gasteiger partial charge in [-0.15, -0.1) is 0 Å². The summed E-state index contributed by atoms with van der Waals surface area (Å²) in [5.74, 6) is -1.01. The Hall–Kier alpha value is -2.15. The highest BCUT2D eigenvalue weighted by Crippen LogP contribution is 2.03. The average Bonchev–Trinajstić information content (AvgIpc) is 2.15. The number of nitriles is 1. The second kappa shape index (κ2) is 4.02. The molecule has 0 aliphatic heterocycles. The normalized spacial score (nSPS) is 9.77. The van der Waals surface area contributed by atoms with E-state index < -0.39 is 5.97 Å². The van der Waals surface area contributed by atoms with E-state index in [-0.39, 0.29) is 5.56 Å². The molecule has 0 aromatic carbocycles. The molecule has 0 saturated carbocycles. The first-order valence-corrected chi connectivity index (χ1v) is 3.49. The first-order valence-electron chi connectivity index (χ1n) is 3.49. The van der Waals surface area contributed by atoms with Crippen molar-refractivity contribution >= 4 is 12.0 Å². The van der Waals surface area contributed by atoms with Gasteiger partial charge < -0.3 is 5.11 Å². The summed E-state index contributed by atoms with van der Waals surface area (Å²) in [7, 11) is 0. The Kier molecular flexibility index (Phi) is 2.77. The summed E-state index contributed by atoms with van der Waals surface area (Å²) >= 11 is 0. The molecule has 0 fully saturated rings. The molecule has 0 aliphatic carbocycles. The monoisotopic (exact) mass is 174 g/mol. The Balaban J connectivity index is 3.00. The molecule has 0 unspecified atom stereocenters. The first-order chi connectivity index (χ1) is 6.24. The van der Waals surface area contributed by atoms with Gasteiger partial charge in [0.1, 0.15) is 0 Å². The number of aromatic carboxylic acids is 1. The Morgan fingerprint density at radius 2 is 2.46 bits per heavy atom. The Bertz CT molecular complexity index is 391. The predicted octanol–water partition coefficient (Wildman–Crippen LogP) is 1.32. The molecule has 4 nitrogen and oxygen atoms in total. The van der Waals surface area contributed by atoms with Crippen molar-refractivity contribution in [1.29, 1.82) is 5.26 Å². The number of carboxylic acids is 1. The van der Waals surface area contributed by atoms with Crippen LogP contribution in [0, 0.1) is 11.3 Å². The predicted molar refractivity (Wildman–Crippen MR) is 45.8 cm³/mol. The molecule has 0 atom stereocenters. The molecule has 0 saturated heterocycles. The van der Waals surface area contributed by atoms with E-state index in [4.69, 9.17) is 10.4 Å². The van der Waals surface area contributed by atoms with Crippen molar-refractivity contribution in [3.05, 3.63) is 35.7 Å². The third-order valence-corrected chi connectivity index (χ3v) is 1.36. The van der Waals surface area contributed by atoms with Crippen LogP contribution in [0.2, 0.25) is 0 Å². The van der Waals surface area contributed by atoms with Gasteiger partial charge in [-0.3, -0.25) is 4.98 Å². The molecule has 1 aromatic rings. The van der Waals surface area contributed by atoms with Gasteiger partial charge in [0.25, 0.3) is 0 Å². The summed E-state index contributed by atoms with van der Waals surface area (Å²) in [6, 6.07) is 4.59. The third kappa shape index (κ3) is 2.42. The van der Waals surface area contributed by atoms with Crippen molar-refractivity contribution in [2.45, 2.75) is 0 Å². The lowest BCUT2D eigenvalue weighted by atomic mass is 10.2. The SMILES string of the molecule is N#CC=Cc1cc(C(=O)O)ccn1. The minimum Gasteiger partial charge on any atom is -0.478 e. The number of pyridine rings is 1. The molecule has 13 heavy (non-hydrogen) atoms. The minimum absolute atomic E-state index is 0.160. The molecule has 0 aliphatic rings. The molecule has 1 N–H and O–H groups in total. The van der Waals surface area contributed by atoms with Gasteiger partial charge in [-0.05, 0) is 18.2 Å². The highest BCUT2D eigenvalue weighted by molar-refractivity contribution is 5.87. The van der Waals surface area contributed by atoms with Crippen LogP contribution in [-0.2, 0) is 0 Å². The average molecular weight is 174 g/mol. The number of rotatable bonds is 2. The topological polar surface area (TPSA) is 74.0 Å². The van der Waals surface area contributed by atoms with Gasteiger partial charge in [-0.25, -0.2) is 4.79 Å². The number of carboxylic acid groups (broad SMARTS) is 1. The Morgan fingerprint density at radius 1 is 1.69 bits per heavy atom. The van der Waals surface area contributed by atoms with Crippen LogP contribution in [-0.4, -0.2) is 16.1 Å². The number of hydrogen-bond donors (Lipinski definition) is 1. The van der Waals surface area contributed by atoms with Crippen molar-refractivity contribution in [2.75, 3.05) is 0 Å². The number of aromatic nitrogens is 1. The van der Waals surface area contributed by atoms with Crippen LogP contribution in [0.4, 0.5) is 0 Å². The van der Waals surface area contributed by atoms with E-state index in [0.29, 0.717) is 5.69 Å². The fourth-order valence-corrected chi connectivity index (χ4v) is 0.795. The lowest BCUT2D eigenvalue weighted by Crippen LogP contribution is -1.96. The summed E-state index contributed by atoms with van der Waals surface area (Å²) < 4.78 is 0. The largest absolute Gasteiger partial charge is 0.478 e. The number of nitrogens with zero attached hydrogens (tertiary/aromatic N) is 2. The summed E-state index contributed by atoms with van der Waals surface area (Å²) in [5, 5.41) is 16.8. The van der Waals surface area contributed by atoms with Gasteiger partial charge in [0.15, 0.2) is 0 Å². The minimum atomic E-state index is -1.01. The van der Waals surface area contributed by atoms with Crippen molar-refractivity contribution in [3.63, 3.8) is 0 Å². The fourth-order valence-electron chi connectivity index (χ4n) is 0.795. The van der Waals surface area contributed by atoms with E-state index >= 15 is 0 Å². The van der Waals surface area contributed by atoms with Crippen molar-refractivity contribution in [3.8, 4) is 6.07 Å². The van der Waals surface area contributed by atoms with E-state index in [0.717, 1.165) is 0 Å². The highest BCUT2D eigenvalue weighted by atomic mass is 16.4. The maximum Gasteiger partial charge on any atom is 0.335 e. The smallest absolute Gasteiger partial charge is 0.335 e. The lowest BCUT2D eigenvalue weighted by Gasteiger charge is -1.94. The van der Waals surface area contributed by atoms with Crippen LogP contribution in [0.15, 0.2) is 24.4 Å². The highest BCUT2D eigenvalue weighted by Gasteiger charge is 2.01. The number of hydrogen-bond acceptors (Lipinski definition) is 3. The zero-order chi connectivity index (χ0) is 9.68. The quantitative estimate of drug-likeness (QED) is 0.686. The lowest BCUT2D eigenvalue weighted by molar-refractivity contribution is 0.0696. The molecule has 1 rings (SSSR count). The van der Waals surface area contributed by atoms with Crippen molar-refractivity contribution in [1.82, 2.24) is 4.98 Å². The van der Waals surface area contributed by atoms with E-state index in [1.165, 1.54) is 30.5 Å². The first kappa shape index (κ1) is 8.94. The second-order valence-corrected chi connectivity index (χ2v) is 2.24. The van der Waals surface area contributed by atoms with Crippen LogP contribution in [0.25, 0.3) is 6.08 Å². The standard InChI is InChI=1S/C9H6N2O2/c10-4-1-2-8-6-7(9(12)13)3-5-11-8/h1-3,5-6H,(H,12,13). The molecule has 1 heterocycles. The maximum atomic E-state index is 10.5. The zero-order valence-corrected chi connectivity index (χ0v) is 6.64. The van der Waals surface area contributed by atoms with Gasteiger partial charge in [-0.1, -0.05) is 0 Å². The molecule has 4 heteroatoms. The summed E-state index contributed by atoms with van der Waals surface area (Å²) in [6.45, 7) is 0. The summed E-state index contributed by atoms with van der Waals surface area (Å²) in [6.07, 6.45) is 4.08. The molecular formula is C9H6N2O2. The van der Waals surface area contributed by atoms with Gasteiger partial charge in [0.2, 0.25) is 0 Å². The zero-order valence-electron chi connectivity index (χ0n) is 6.64. The fraction of sp³-hybridized carbons (Fsp3) is 0. The molecule has 1 aromatic heterocycles. The Morgan fingerprint density at radius 3 is 3.08 bits per heavy atom. The maximum absolute atomic E-state index is 10.5. The van der Waals surface area contributed by atoms with E-state index in [1.54, 1.807) is 6.07 Å². The van der Waals surface area contributed by atoms with Crippen LogP contribution < -0.4 is 0 Å². The summed E-state index contributed by atoms with van der Waals surface area (Å²) in [5.41, 5.74) is 0.619. The van der Waals surface area contributed by atoms with E-state index in [2.05, 4.69) is 4.98 Å². The van der Waals surface area contributed by atoms with Crippen LogP contribution >= 0.6 is 0 Å². The van der Waals surface area contributed by atoms with Gasteiger partial charge >= 0.3 is 5.97 Å². The summed E-state index contributed by atoms with van der Waals surface area (Å²) in [4.78, 5) is 14.4. The molecule has 64 valence electrons. The van der Waals surface area contributed by atoms with Gasteiger partial charge in [0.05, 0.1) is 17.3 Å². The molecule has 0 bridgehead atoms. The molecule has 0 spiro atoms. The van der Waals surface area contributed by atoms with Crippen LogP contribution in [0.5, 0.6) is 0 Å². The van der Waals surface area contributed by atoms with Crippen molar-refractivity contribution < 1.29 is 9.90 Å². The number of carbonyl (C=O) groups is 1. The molecular weight excluding hydrogens is 168 g/mol.